The summed E-state index contributed by atoms with van der Waals surface area (Å²) in [6, 6.07) is 1.32. The van der Waals surface area contributed by atoms with E-state index in [-0.39, 0.29) is 23.2 Å². The summed E-state index contributed by atoms with van der Waals surface area (Å²) in [5.41, 5.74) is 0.797. The van der Waals surface area contributed by atoms with Crippen molar-refractivity contribution in [2.75, 3.05) is 7.11 Å². The van der Waals surface area contributed by atoms with Crippen molar-refractivity contribution in [1.29, 1.82) is 0 Å². The lowest BCUT2D eigenvalue weighted by atomic mass is 10.1. The average Bonchev–Trinajstić information content (AvgIpc) is 2.33. The summed E-state index contributed by atoms with van der Waals surface area (Å²) in [5, 5.41) is 9.90. The lowest BCUT2D eigenvalue weighted by Gasteiger charge is -2.14. The van der Waals surface area contributed by atoms with Gasteiger partial charge in [-0.2, -0.15) is 0 Å². The summed E-state index contributed by atoms with van der Waals surface area (Å²) >= 11 is 0. The van der Waals surface area contributed by atoms with E-state index in [0.29, 0.717) is 17.4 Å². The summed E-state index contributed by atoms with van der Waals surface area (Å²) in [6.07, 6.45) is 0.615. The summed E-state index contributed by atoms with van der Waals surface area (Å²) in [4.78, 5) is 22.4. The Hall–Kier alpha value is -2.04. The molecule has 0 bridgehead atoms. The molecule has 98 valence electrons. The van der Waals surface area contributed by atoms with Crippen LogP contribution in [0.25, 0.3) is 0 Å². The molecule has 1 aromatic rings. The third-order valence-corrected chi connectivity index (χ3v) is 2.52. The van der Waals surface area contributed by atoms with Gasteiger partial charge in [0.2, 0.25) is 5.75 Å². The van der Waals surface area contributed by atoms with Crippen molar-refractivity contribution in [2.24, 2.45) is 5.92 Å². The molecular formula is C13H16O5. The zero-order valence-corrected chi connectivity index (χ0v) is 10.8. The van der Waals surface area contributed by atoms with E-state index in [1.165, 1.54) is 13.2 Å². The van der Waals surface area contributed by atoms with Crippen molar-refractivity contribution < 1.29 is 24.2 Å². The van der Waals surface area contributed by atoms with Crippen LogP contribution in [0.4, 0.5) is 0 Å². The van der Waals surface area contributed by atoms with Crippen LogP contribution in [0, 0.1) is 12.8 Å². The van der Waals surface area contributed by atoms with E-state index in [0.717, 1.165) is 0 Å². The molecule has 1 rings (SSSR count). The van der Waals surface area contributed by atoms with Gasteiger partial charge in [0.15, 0.2) is 17.8 Å². The first-order chi connectivity index (χ1) is 8.42. The van der Waals surface area contributed by atoms with E-state index in [1.54, 1.807) is 20.8 Å². The highest BCUT2D eigenvalue weighted by Crippen LogP contribution is 2.40. The van der Waals surface area contributed by atoms with Crippen molar-refractivity contribution in [2.45, 2.75) is 20.8 Å². The van der Waals surface area contributed by atoms with Crippen molar-refractivity contribution >= 4 is 12.3 Å². The van der Waals surface area contributed by atoms with Crippen molar-refractivity contribution in [3.63, 3.8) is 0 Å². The molecule has 18 heavy (non-hydrogen) atoms. The molecule has 1 N–H and O–H groups in total. The van der Waals surface area contributed by atoms with Gasteiger partial charge in [-0.1, -0.05) is 13.8 Å². The SMILES string of the molecule is COc1c(C)c(C=O)cc(OC(=O)C(C)C)c1O. The van der Waals surface area contributed by atoms with Gasteiger partial charge in [-0.05, 0) is 13.0 Å². The molecule has 0 aliphatic heterocycles. The van der Waals surface area contributed by atoms with Gasteiger partial charge >= 0.3 is 5.97 Å². The fourth-order valence-electron chi connectivity index (χ4n) is 1.41. The Balaban J connectivity index is 3.28. The fourth-order valence-corrected chi connectivity index (χ4v) is 1.41. The standard InChI is InChI=1S/C13H16O5/c1-7(2)13(16)18-10-5-9(6-14)8(3)12(17-4)11(10)15/h5-7,15H,1-4H3. The van der Waals surface area contributed by atoms with Crippen LogP contribution in [0.15, 0.2) is 6.07 Å². The number of benzene rings is 1. The number of carbonyl (C=O) groups is 2. The lowest BCUT2D eigenvalue weighted by Crippen LogP contribution is -2.15. The Morgan fingerprint density at radius 1 is 1.44 bits per heavy atom. The molecule has 1 aromatic carbocycles. The molecular weight excluding hydrogens is 236 g/mol. The van der Waals surface area contributed by atoms with Gasteiger partial charge in [0.05, 0.1) is 13.0 Å². The van der Waals surface area contributed by atoms with Crippen LogP contribution in [0.2, 0.25) is 0 Å². The number of carbonyl (C=O) groups excluding carboxylic acids is 2. The number of esters is 1. The Morgan fingerprint density at radius 3 is 2.50 bits per heavy atom. The number of aromatic hydroxyl groups is 1. The van der Waals surface area contributed by atoms with E-state index >= 15 is 0 Å². The van der Waals surface area contributed by atoms with E-state index in [9.17, 15) is 14.7 Å². The van der Waals surface area contributed by atoms with Crippen molar-refractivity contribution in [1.82, 2.24) is 0 Å². The number of hydrogen-bond acceptors (Lipinski definition) is 5. The molecule has 0 amide bonds. The molecule has 0 spiro atoms. The maximum Gasteiger partial charge on any atom is 0.313 e. The summed E-state index contributed by atoms with van der Waals surface area (Å²) in [7, 11) is 1.37. The third-order valence-electron chi connectivity index (χ3n) is 2.52. The van der Waals surface area contributed by atoms with Crippen molar-refractivity contribution in [3.8, 4) is 17.2 Å². The Bertz CT molecular complexity index is 477. The molecule has 0 unspecified atom stereocenters. The first-order valence-corrected chi connectivity index (χ1v) is 5.49. The van der Waals surface area contributed by atoms with Crippen molar-refractivity contribution in [3.05, 3.63) is 17.2 Å². The van der Waals surface area contributed by atoms with Crippen LogP contribution < -0.4 is 9.47 Å². The van der Waals surface area contributed by atoms with E-state index in [1.807, 2.05) is 0 Å². The predicted octanol–water partition coefficient (Wildman–Crippen LogP) is 2.08. The van der Waals surface area contributed by atoms with Crippen LogP contribution in [-0.2, 0) is 4.79 Å². The molecule has 0 atom stereocenters. The molecule has 0 saturated carbocycles. The van der Waals surface area contributed by atoms with Crippen LogP contribution in [-0.4, -0.2) is 24.5 Å². The molecule has 0 aliphatic carbocycles. The van der Waals surface area contributed by atoms with Gasteiger partial charge in [0, 0.05) is 11.1 Å². The highest BCUT2D eigenvalue weighted by Gasteiger charge is 2.19. The van der Waals surface area contributed by atoms with Gasteiger partial charge < -0.3 is 14.6 Å². The first-order valence-electron chi connectivity index (χ1n) is 5.49. The van der Waals surface area contributed by atoms with Gasteiger partial charge in [0.25, 0.3) is 0 Å². The molecule has 0 saturated heterocycles. The molecule has 0 aliphatic rings. The van der Waals surface area contributed by atoms with Crippen LogP contribution in [0.1, 0.15) is 29.8 Å². The summed E-state index contributed by atoms with van der Waals surface area (Å²) < 4.78 is 10.0. The Labute approximate surface area is 105 Å². The highest BCUT2D eigenvalue weighted by molar-refractivity contribution is 5.83. The van der Waals surface area contributed by atoms with Crippen LogP contribution >= 0.6 is 0 Å². The molecule has 5 heteroatoms. The van der Waals surface area contributed by atoms with Gasteiger partial charge in [-0.3, -0.25) is 9.59 Å². The Morgan fingerprint density at radius 2 is 2.06 bits per heavy atom. The van der Waals surface area contributed by atoms with Crippen LogP contribution in [0.5, 0.6) is 17.2 Å². The predicted molar refractivity (Wildman–Crippen MR) is 65.3 cm³/mol. The lowest BCUT2D eigenvalue weighted by molar-refractivity contribution is -0.137. The highest BCUT2D eigenvalue weighted by atomic mass is 16.5. The summed E-state index contributed by atoms with van der Waals surface area (Å²) in [5.74, 6) is -1.05. The molecule has 0 fully saturated rings. The quantitative estimate of drug-likeness (QED) is 0.504. The fraction of sp³-hybridized carbons (Fsp3) is 0.385. The van der Waals surface area contributed by atoms with E-state index in [4.69, 9.17) is 9.47 Å². The number of phenols is 1. The minimum Gasteiger partial charge on any atom is -0.502 e. The smallest absolute Gasteiger partial charge is 0.313 e. The number of phenolic OH excluding ortho intramolecular Hbond substituents is 1. The summed E-state index contributed by atoms with van der Waals surface area (Å²) in [6.45, 7) is 4.98. The monoisotopic (exact) mass is 252 g/mol. The number of ether oxygens (including phenoxy) is 2. The molecule has 0 aromatic heterocycles. The molecule has 5 nitrogen and oxygen atoms in total. The van der Waals surface area contributed by atoms with E-state index in [2.05, 4.69) is 0 Å². The van der Waals surface area contributed by atoms with Crippen LogP contribution in [0.3, 0.4) is 0 Å². The zero-order chi connectivity index (χ0) is 13.9. The number of rotatable bonds is 4. The van der Waals surface area contributed by atoms with E-state index < -0.39 is 5.97 Å². The number of methoxy groups -OCH3 is 1. The normalized spacial score (nSPS) is 10.3. The van der Waals surface area contributed by atoms with Gasteiger partial charge in [0.1, 0.15) is 0 Å². The second-order valence-electron chi connectivity index (χ2n) is 4.16. The zero-order valence-electron chi connectivity index (χ0n) is 10.8. The van der Waals surface area contributed by atoms with Gasteiger partial charge in [-0.15, -0.1) is 0 Å². The third kappa shape index (κ3) is 2.61. The van der Waals surface area contributed by atoms with Gasteiger partial charge in [-0.25, -0.2) is 0 Å². The topological polar surface area (TPSA) is 72.8 Å². The number of aldehydes is 1. The largest absolute Gasteiger partial charge is 0.502 e. The molecule has 0 radical (unpaired) electrons. The second-order valence-corrected chi connectivity index (χ2v) is 4.16. The minimum atomic E-state index is -0.493. The maximum absolute atomic E-state index is 11.5. The maximum atomic E-state index is 11.5. The number of hydrogen-bond donors (Lipinski definition) is 1. The Kier molecular flexibility index (Phi) is 4.31. The molecule has 0 heterocycles. The average molecular weight is 252 g/mol. The first kappa shape index (κ1) is 14.0. The second kappa shape index (κ2) is 5.53. The minimum absolute atomic E-state index is 0.0711.